The fourth-order valence-corrected chi connectivity index (χ4v) is 4.16. The number of amides is 1. The molecule has 2 aromatic rings. The summed E-state index contributed by atoms with van der Waals surface area (Å²) in [6.45, 7) is 0. The van der Waals surface area contributed by atoms with Gasteiger partial charge in [-0.05, 0) is 56.0 Å². The van der Waals surface area contributed by atoms with Crippen LogP contribution < -0.4 is 5.32 Å². The second-order valence-corrected chi connectivity index (χ2v) is 7.21. The molecule has 1 fully saturated rings. The highest BCUT2D eigenvalue weighted by Gasteiger charge is 2.26. The first-order valence-electron chi connectivity index (χ1n) is 9.44. The molecule has 3 aliphatic rings. The Hall–Kier alpha value is -3.15. The molecule has 6 nitrogen and oxygen atoms in total. The van der Waals surface area contributed by atoms with Crippen LogP contribution in [-0.4, -0.2) is 31.1 Å². The summed E-state index contributed by atoms with van der Waals surface area (Å²) in [5.74, 6) is 1.02. The lowest BCUT2D eigenvalue weighted by Crippen LogP contribution is -2.38. The van der Waals surface area contributed by atoms with Crippen molar-refractivity contribution in [3.05, 3.63) is 66.7 Å². The predicted octanol–water partition coefficient (Wildman–Crippen LogP) is 3.55. The van der Waals surface area contributed by atoms with Crippen molar-refractivity contribution in [2.24, 2.45) is 0 Å². The van der Waals surface area contributed by atoms with E-state index in [0.29, 0.717) is 11.6 Å². The van der Waals surface area contributed by atoms with Gasteiger partial charge in [0.05, 0.1) is 17.3 Å². The number of pyridine rings is 2. The zero-order valence-electron chi connectivity index (χ0n) is 15.0. The molecule has 1 aliphatic carbocycles. The number of hydrogen-bond donors (Lipinski definition) is 1. The van der Waals surface area contributed by atoms with Crippen molar-refractivity contribution < 1.29 is 4.79 Å². The maximum absolute atomic E-state index is 12.7. The van der Waals surface area contributed by atoms with Gasteiger partial charge in [0.1, 0.15) is 5.82 Å². The van der Waals surface area contributed by atoms with Gasteiger partial charge in [0.15, 0.2) is 0 Å². The number of carbonyl (C=O) groups excluding carboxylic acids is 1. The van der Waals surface area contributed by atoms with Crippen LogP contribution in [0.3, 0.4) is 0 Å². The van der Waals surface area contributed by atoms with Gasteiger partial charge in [-0.15, -0.1) is 0 Å². The molecule has 0 spiro atoms. The molecule has 2 aliphatic heterocycles. The Bertz CT molecular complexity index is 1060. The summed E-state index contributed by atoms with van der Waals surface area (Å²) in [6, 6.07) is 12.6. The Kier molecular flexibility index (Phi) is 3.89. The highest BCUT2D eigenvalue weighted by Crippen LogP contribution is 2.32. The lowest BCUT2D eigenvalue weighted by molar-refractivity contribution is 0.0924. The van der Waals surface area contributed by atoms with Crippen LogP contribution in [0.4, 0.5) is 0 Å². The van der Waals surface area contributed by atoms with Crippen molar-refractivity contribution >= 4 is 11.4 Å². The Balaban J connectivity index is 1.26. The summed E-state index contributed by atoms with van der Waals surface area (Å²) in [5, 5.41) is 7.45. The summed E-state index contributed by atoms with van der Waals surface area (Å²) in [7, 11) is 0. The average Bonchev–Trinajstić information content (AvgIpc) is 3.35. The normalized spacial score (nSPS) is 20.1. The minimum Gasteiger partial charge on any atom is -0.349 e. The largest absolute Gasteiger partial charge is 0.349 e. The molecule has 0 atom stereocenters. The first-order chi connectivity index (χ1) is 13.3. The van der Waals surface area contributed by atoms with Crippen LogP contribution in [0.2, 0.25) is 0 Å². The Morgan fingerprint density at radius 3 is 2.81 bits per heavy atom. The molecule has 1 saturated carbocycles. The fraction of sp³-hybridized carbons (Fsp3) is 0.286. The molecule has 0 radical (unpaired) electrons. The minimum absolute atomic E-state index is 0.0351. The van der Waals surface area contributed by atoms with Gasteiger partial charge in [0, 0.05) is 36.2 Å². The average molecular weight is 359 g/mol. The summed E-state index contributed by atoms with van der Waals surface area (Å²) in [6.07, 6.45) is 11.5. The Morgan fingerprint density at radius 1 is 1.04 bits per heavy atom. The molecule has 0 bridgehead atoms. The molecule has 5 rings (SSSR count). The van der Waals surface area contributed by atoms with Crippen molar-refractivity contribution in [1.82, 2.24) is 24.5 Å². The molecule has 1 N–H and O–H groups in total. The standard InChI is InChI=1S/C21H21N5O/c27-21(18-14-23-26-13-2-1-5-19(18)26)24-16-6-8-17(9-7-16)25-12-3-4-15-10-11-22-20(15)25/h1-5,10-14,16-17H,6-9H2,(H,24,27). The van der Waals surface area contributed by atoms with E-state index < -0.39 is 0 Å². The van der Waals surface area contributed by atoms with Crippen molar-refractivity contribution in [2.45, 2.75) is 37.8 Å². The molecule has 0 aromatic carbocycles. The fourth-order valence-electron chi connectivity index (χ4n) is 4.16. The second-order valence-electron chi connectivity index (χ2n) is 7.21. The van der Waals surface area contributed by atoms with Crippen molar-refractivity contribution in [3.63, 3.8) is 0 Å². The van der Waals surface area contributed by atoms with Gasteiger partial charge in [0.2, 0.25) is 0 Å². The van der Waals surface area contributed by atoms with E-state index in [4.69, 9.17) is 0 Å². The van der Waals surface area contributed by atoms with Gasteiger partial charge in [-0.25, -0.2) is 9.50 Å². The van der Waals surface area contributed by atoms with Gasteiger partial charge in [-0.1, -0.05) is 6.07 Å². The van der Waals surface area contributed by atoms with Crippen LogP contribution in [-0.2, 0) is 0 Å². The minimum atomic E-state index is -0.0351. The Labute approximate surface area is 157 Å². The van der Waals surface area contributed by atoms with E-state index in [1.165, 1.54) is 5.56 Å². The summed E-state index contributed by atoms with van der Waals surface area (Å²) in [5.41, 5.74) is 2.66. The molecule has 27 heavy (non-hydrogen) atoms. The monoisotopic (exact) mass is 359 g/mol. The van der Waals surface area contributed by atoms with E-state index in [1.54, 1.807) is 10.7 Å². The highest BCUT2D eigenvalue weighted by molar-refractivity contribution is 6.00. The van der Waals surface area contributed by atoms with Crippen molar-refractivity contribution in [3.8, 4) is 11.4 Å². The molecule has 136 valence electrons. The molecular formula is C21H21N5O. The lowest BCUT2D eigenvalue weighted by Gasteiger charge is -2.31. The van der Waals surface area contributed by atoms with E-state index in [2.05, 4.69) is 38.3 Å². The number of nitrogens with zero attached hydrogens (tertiary/aromatic N) is 4. The first-order valence-corrected chi connectivity index (χ1v) is 9.44. The smallest absolute Gasteiger partial charge is 0.255 e. The molecular weight excluding hydrogens is 338 g/mol. The number of aromatic nitrogens is 4. The third kappa shape index (κ3) is 2.87. The van der Waals surface area contributed by atoms with Gasteiger partial charge >= 0.3 is 0 Å². The maximum atomic E-state index is 12.7. The van der Waals surface area contributed by atoms with Crippen LogP contribution in [0.25, 0.3) is 16.9 Å². The van der Waals surface area contributed by atoms with E-state index in [9.17, 15) is 4.79 Å². The number of rotatable bonds is 3. The molecule has 1 amide bonds. The van der Waals surface area contributed by atoms with E-state index >= 15 is 0 Å². The van der Waals surface area contributed by atoms with Crippen LogP contribution in [0.1, 0.15) is 42.1 Å². The molecule has 6 heteroatoms. The van der Waals surface area contributed by atoms with Gasteiger partial charge in [-0.2, -0.15) is 5.10 Å². The maximum Gasteiger partial charge on any atom is 0.255 e. The van der Waals surface area contributed by atoms with E-state index in [0.717, 1.165) is 37.0 Å². The number of carbonyl (C=O) groups is 1. The molecule has 4 heterocycles. The predicted molar refractivity (Wildman–Crippen MR) is 103 cm³/mol. The number of nitrogens with one attached hydrogen (secondary N) is 1. The second kappa shape index (κ2) is 6.54. The van der Waals surface area contributed by atoms with E-state index in [1.807, 2.05) is 36.7 Å². The first kappa shape index (κ1) is 16.1. The zero-order chi connectivity index (χ0) is 18.2. The summed E-state index contributed by atoms with van der Waals surface area (Å²) >= 11 is 0. The summed E-state index contributed by atoms with van der Waals surface area (Å²) < 4.78 is 4.02. The van der Waals surface area contributed by atoms with Gasteiger partial charge in [-0.3, -0.25) is 4.79 Å². The highest BCUT2D eigenvalue weighted by atomic mass is 16.1. The number of hydrogen-bond acceptors (Lipinski definition) is 3. The van der Waals surface area contributed by atoms with Crippen LogP contribution in [0.5, 0.6) is 0 Å². The van der Waals surface area contributed by atoms with Crippen LogP contribution in [0.15, 0.2) is 61.2 Å². The topological polar surface area (TPSA) is 64.2 Å². The SMILES string of the molecule is O=C(NC1CCC(n2cccc3ccnc2-3)CC1)c1cnn2ccccc12. The van der Waals surface area contributed by atoms with Crippen molar-refractivity contribution in [1.29, 1.82) is 0 Å². The van der Waals surface area contributed by atoms with Crippen LogP contribution in [0, 0.1) is 0 Å². The van der Waals surface area contributed by atoms with Gasteiger partial charge in [0.25, 0.3) is 5.91 Å². The molecule has 2 aromatic heterocycles. The van der Waals surface area contributed by atoms with Gasteiger partial charge < -0.3 is 9.88 Å². The quantitative estimate of drug-likeness (QED) is 0.608. The van der Waals surface area contributed by atoms with Crippen LogP contribution >= 0.6 is 0 Å². The Morgan fingerprint density at radius 2 is 1.93 bits per heavy atom. The third-order valence-corrected chi connectivity index (χ3v) is 5.57. The third-order valence-electron chi connectivity index (χ3n) is 5.57. The molecule has 0 unspecified atom stereocenters. The summed E-state index contributed by atoms with van der Waals surface area (Å²) in [4.78, 5) is 17.2. The zero-order valence-corrected chi connectivity index (χ0v) is 15.0. The molecule has 0 saturated heterocycles. The number of fused-ring (bicyclic) bond motifs is 2. The lowest BCUT2D eigenvalue weighted by atomic mass is 9.90. The van der Waals surface area contributed by atoms with Crippen molar-refractivity contribution in [2.75, 3.05) is 0 Å². The van der Waals surface area contributed by atoms with E-state index in [-0.39, 0.29) is 11.9 Å².